The van der Waals surface area contributed by atoms with E-state index in [-0.39, 0.29) is 12.5 Å². The summed E-state index contributed by atoms with van der Waals surface area (Å²) < 4.78 is 0. The van der Waals surface area contributed by atoms with Crippen LogP contribution in [0, 0.1) is 0 Å². The lowest BCUT2D eigenvalue weighted by Gasteiger charge is -2.28. The van der Waals surface area contributed by atoms with Crippen molar-refractivity contribution >= 4 is 11.9 Å². The molecule has 0 atom stereocenters. The number of carbonyl (C=O) groups is 2. The first-order valence-corrected chi connectivity index (χ1v) is 5.38. The summed E-state index contributed by atoms with van der Waals surface area (Å²) in [4.78, 5) is 22.6. The van der Waals surface area contributed by atoms with Crippen molar-refractivity contribution in [3.05, 3.63) is 12.7 Å². The molecule has 0 aromatic rings. The highest BCUT2D eigenvalue weighted by Crippen LogP contribution is 2.14. The van der Waals surface area contributed by atoms with Crippen LogP contribution in [0.25, 0.3) is 0 Å². The number of carboxylic acids is 1. The average molecular weight is 228 g/mol. The molecule has 3 N–H and O–H groups in total. The maximum Gasteiger partial charge on any atom is 0.329 e. The highest BCUT2D eigenvalue weighted by Gasteiger charge is 2.35. The van der Waals surface area contributed by atoms with Gasteiger partial charge in [-0.1, -0.05) is 19.9 Å². The Bertz CT molecular complexity index is 260. The summed E-state index contributed by atoms with van der Waals surface area (Å²) >= 11 is 0. The van der Waals surface area contributed by atoms with Gasteiger partial charge in [-0.15, -0.1) is 6.58 Å². The van der Waals surface area contributed by atoms with E-state index in [2.05, 4.69) is 17.2 Å². The van der Waals surface area contributed by atoms with Gasteiger partial charge >= 0.3 is 5.97 Å². The summed E-state index contributed by atoms with van der Waals surface area (Å²) in [5.74, 6) is -1.30. The molecule has 5 heteroatoms. The van der Waals surface area contributed by atoms with Crippen LogP contribution in [0.3, 0.4) is 0 Å². The predicted molar refractivity (Wildman–Crippen MR) is 62.2 cm³/mol. The number of carboxylic acid groups (broad SMARTS) is 1. The van der Waals surface area contributed by atoms with E-state index in [1.807, 2.05) is 0 Å². The zero-order valence-electron chi connectivity index (χ0n) is 9.88. The Morgan fingerprint density at radius 2 is 1.94 bits per heavy atom. The van der Waals surface area contributed by atoms with Crippen molar-refractivity contribution in [2.24, 2.45) is 0 Å². The summed E-state index contributed by atoms with van der Waals surface area (Å²) in [6, 6.07) is 0. The highest BCUT2D eigenvalue weighted by molar-refractivity contribution is 5.87. The lowest BCUT2D eigenvalue weighted by molar-refractivity contribution is -0.147. The number of hydrogen-bond acceptors (Lipinski definition) is 3. The van der Waals surface area contributed by atoms with Gasteiger partial charge < -0.3 is 15.7 Å². The van der Waals surface area contributed by atoms with Gasteiger partial charge in [0.05, 0.1) is 6.54 Å². The topological polar surface area (TPSA) is 78.4 Å². The van der Waals surface area contributed by atoms with E-state index in [1.54, 1.807) is 19.9 Å². The Morgan fingerprint density at radius 3 is 2.31 bits per heavy atom. The van der Waals surface area contributed by atoms with Gasteiger partial charge in [-0.2, -0.15) is 0 Å². The van der Waals surface area contributed by atoms with Crippen LogP contribution >= 0.6 is 0 Å². The van der Waals surface area contributed by atoms with E-state index in [4.69, 9.17) is 5.11 Å². The van der Waals surface area contributed by atoms with Gasteiger partial charge in [0.1, 0.15) is 5.54 Å². The Hall–Kier alpha value is -1.36. The first-order chi connectivity index (χ1) is 7.52. The average Bonchev–Trinajstić information content (AvgIpc) is 2.26. The second-order valence-electron chi connectivity index (χ2n) is 3.56. The number of aliphatic carboxylic acids is 1. The first kappa shape index (κ1) is 14.6. The van der Waals surface area contributed by atoms with Crippen LogP contribution in [-0.4, -0.2) is 35.6 Å². The van der Waals surface area contributed by atoms with Crippen molar-refractivity contribution in [3.63, 3.8) is 0 Å². The van der Waals surface area contributed by atoms with Crippen molar-refractivity contribution in [2.75, 3.05) is 13.1 Å². The molecule has 5 nitrogen and oxygen atoms in total. The quantitative estimate of drug-likeness (QED) is 0.418. The van der Waals surface area contributed by atoms with Crippen LogP contribution < -0.4 is 10.6 Å². The number of rotatable bonds is 8. The molecule has 0 aliphatic carbocycles. The molecule has 0 bridgehead atoms. The summed E-state index contributed by atoms with van der Waals surface area (Å²) in [5.41, 5.74) is -1.15. The molecule has 16 heavy (non-hydrogen) atoms. The minimum atomic E-state index is -1.15. The third kappa shape index (κ3) is 4.02. The molecule has 0 heterocycles. The third-order valence-corrected chi connectivity index (χ3v) is 2.57. The van der Waals surface area contributed by atoms with Gasteiger partial charge in [0.15, 0.2) is 0 Å². The maximum absolute atomic E-state index is 11.5. The molecule has 0 saturated heterocycles. The lowest BCUT2D eigenvalue weighted by Crippen LogP contribution is -2.55. The second-order valence-corrected chi connectivity index (χ2v) is 3.56. The molecule has 0 spiro atoms. The third-order valence-electron chi connectivity index (χ3n) is 2.57. The summed E-state index contributed by atoms with van der Waals surface area (Å²) in [5, 5.41) is 14.5. The summed E-state index contributed by atoms with van der Waals surface area (Å²) in [6.07, 6.45) is 2.37. The molecule has 0 aromatic carbocycles. The molecule has 92 valence electrons. The summed E-state index contributed by atoms with van der Waals surface area (Å²) in [6.45, 7) is 7.61. The molecule has 0 aliphatic heterocycles. The zero-order valence-corrected chi connectivity index (χ0v) is 9.88. The smallest absolute Gasteiger partial charge is 0.329 e. The van der Waals surface area contributed by atoms with Crippen LogP contribution in [0.1, 0.15) is 26.7 Å². The van der Waals surface area contributed by atoms with Crippen molar-refractivity contribution in [3.8, 4) is 0 Å². The maximum atomic E-state index is 11.5. The Balaban J connectivity index is 4.34. The molecule has 0 fully saturated rings. The minimum absolute atomic E-state index is 0.0983. The van der Waals surface area contributed by atoms with Crippen LogP contribution in [-0.2, 0) is 9.59 Å². The van der Waals surface area contributed by atoms with Gasteiger partial charge in [0, 0.05) is 6.54 Å². The second kappa shape index (κ2) is 7.00. The number of amides is 1. The molecular weight excluding hydrogens is 208 g/mol. The van der Waals surface area contributed by atoms with Crippen LogP contribution in [0.15, 0.2) is 12.7 Å². The fourth-order valence-corrected chi connectivity index (χ4v) is 1.38. The van der Waals surface area contributed by atoms with Gasteiger partial charge in [0.25, 0.3) is 0 Å². The lowest BCUT2D eigenvalue weighted by atomic mass is 9.93. The standard InChI is InChI=1S/C11H20N2O3/c1-4-7-12-8-9(14)13-11(5-2,6-3)10(15)16/h4,12H,1,5-8H2,2-3H3,(H,13,14)(H,15,16). The largest absolute Gasteiger partial charge is 0.480 e. The van der Waals surface area contributed by atoms with E-state index >= 15 is 0 Å². The molecule has 1 amide bonds. The normalized spacial score (nSPS) is 10.9. The molecule has 0 unspecified atom stereocenters. The molecule has 0 aliphatic rings. The van der Waals surface area contributed by atoms with Crippen molar-refractivity contribution in [2.45, 2.75) is 32.2 Å². The molecule has 0 saturated carbocycles. The first-order valence-electron chi connectivity index (χ1n) is 5.38. The fourth-order valence-electron chi connectivity index (χ4n) is 1.38. The van der Waals surface area contributed by atoms with Crippen LogP contribution in [0.4, 0.5) is 0 Å². The fraction of sp³-hybridized carbons (Fsp3) is 0.636. The van der Waals surface area contributed by atoms with Crippen LogP contribution in [0.2, 0.25) is 0 Å². The van der Waals surface area contributed by atoms with E-state index in [0.717, 1.165) is 0 Å². The van der Waals surface area contributed by atoms with E-state index in [1.165, 1.54) is 0 Å². The van der Waals surface area contributed by atoms with E-state index < -0.39 is 11.5 Å². The van der Waals surface area contributed by atoms with Crippen molar-refractivity contribution < 1.29 is 14.7 Å². The van der Waals surface area contributed by atoms with Gasteiger partial charge in [0.2, 0.25) is 5.91 Å². The van der Waals surface area contributed by atoms with Crippen molar-refractivity contribution in [1.82, 2.24) is 10.6 Å². The zero-order chi connectivity index (χ0) is 12.6. The predicted octanol–water partition coefficient (Wildman–Crippen LogP) is 0.522. The van der Waals surface area contributed by atoms with E-state index in [9.17, 15) is 9.59 Å². The van der Waals surface area contributed by atoms with Gasteiger partial charge in [-0.3, -0.25) is 4.79 Å². The van der Waals surface area contributed by atoms with Gasteiger partial charge in [-0.25, -0.2) is 4.79 Å². The SMILES string of the molecule is C=CCNCC(=O)NC(CC)(CC)C(=O)O. The number of nitrogens with one attached hydrogen (secondary N) is 2. The van der Waals surface area contributed by atoms with E-state index in [0.29, 0.717) is 19.4 Å². The van der Waals surface area contributed by atoms with Crippen LogP contribution in [0.5, 0.6) is 0 Å². The highest BCUT2D eigenvalue weighted by atomic mass is 16.4. The molecule has 0 radical (unpaired) electrons. The number of hydrogen-bond donors (Lipinski definition) is 3. The Morgan fingerprint density at radius 1 is 1.38 bits per heavy atom. The van der Waals surface area contributed by atoms with Gasteiger partial charge in [-0.05, 0) is 12.8 Å². The minimum Gasteiger partial charge on any atom is -0.480 e. The Kier molecular flexibility index (Phi) is 6.41. The monoisotopic (exact) mass is 228 g/mol. The molecule has 0 aromatic heterocycles. The molecular formula is C11H20N2O3. The van der Waals surface area contributed by atoms with Crippen molar-refractivity contribution in [1.29, 1.82) is 0 Å². The number of carbonyl (C=O) groups excluding carboxylic acids is 1. The Labute approximate surface area is 95.9 Å². The molecule has 0 rings (SSSR count). The summed E-state index contributed by atoms with van der Waals surface area (Å²) in [7, 11) is 0.